The van der Waals surface area contributed by atoms with Crippen LogP contribution in [0.25, 0.3) is 0 Å². The maximum atomic E-state index is 13.8. The summed E-state index contributed by atoms with van der Waals surface area (Å²) in [6, 6.07) is 19.6. The van der Waals surface area contributed by atoms with Crippen LogP contribution in [0.1, 0.15) is 22.6 Å². The Labute approximate surface area is 221 Å². The SMILES string of the molecule is COc1ccc(C23Oc4cc(OC)cc(OC)c4C2(O)C(O)C(C(=O)N(C)OC)C3c2ccccc2)cc1. The van der Waals surface area contributed by atoms with Gasteiger partial charge in [0.1, 0.15) is 29.1 Å². The summed E-state index contributed by atoms with van der Waals surface area (Å²) in [6.45, 7) is 0. The van der Waals surface area contributed by atoms with Gasteiger partial charge in [0.2, 0.25) is 0 Å². The highest BCUT2D eigenvalue weighted by molar-refractivity contribution is 5.82. The second-order valence-corrected chi connectivity index (χ2v) is 9.41. The van der Waals surface area contributed by atoms with E-state index >= 15 is 0 Å². The summed E-state index contributed by atoms with van der Waals surface area (Å²) < 4.78 is 23.3. The number of hydrogen-bond acceptors (Lipinski definition) is 8. The monoisotopic (exact) mass is 521 g/mol. The second kappa shape index (κ2) is 9.50. The Morgan fingerprint density at radius 2 is 1.58 bits per heavy atom. The Balaban J connectivity index is 1.87. The summed E-state index contributed by atoms with van der Waals surface area (Å²) in [5.41, 5.74) is -2.28. The molecule has 0 saturated heterocycles. The van der Waals surface area contributed by atoms with Gasteiger partial charge in [-0.05, 0) is 23.3 Å². The van der Waals surface area contributed by atoms with Crippen LogP contribution in [0.5, 0.6) is 23.0 Å². The molecule has 200 valence electrons. The van der Waals surface area contributed by atoms with Crippen LogP contribution in [-0.4, -0.2) is 62.8 Å². The summed E-state index contributed by atoms with van der Waals surface area (Å²) in [5.74, 6) is -0.903. The van der Waals surface area contributed by atoms with Crippen molar-refractivity contribution in [3.8, 4) is 23.0 Å². The number of carbonyl (C=O) groups is 1. The number of methoxy groups -OCH3 is 3. The van der Waals surface area contributed by atoms with E-state index in [1.807, 2.05) is 30.3 Å². The van der Waals surface area contributed by atoms with Gasteiger partial charge < -0.3 is 29.2 Å². The van der Waals surface area contributed by atoms with E-state index in [9.17, 15) is 15.0 Å². The quantitative estimate of drug-likeness (QED) is 0.457. The highest BCUT2D eigenvalue weighted by Crippen LogP contribution is 2.70. The fourth-order valence-corrected chi connectivity index (χ4v) is 6.08. The molecule has 3 aromatic rings. The molecule has 9 nitrogen and oxygen atoms in total. The number of aliphatic hydroxyl groups is 2. The predicted molar refractivity (Wildman–Crippen MR) is 137 cm³/mol. The van der Waals surface area contributed by atoms with Crippen LogP contribution in [-0.2, 0) is 20.8 Å². The minimum atomic E-state index is -2.11. The lowest BCUT2D eigenvalue weighted by Crippen LogP contribution is -2.52. The van der Waals surface area contributed by atoms with Crippen LogP contribution in [0.15, 0.2) is 66.7 Å². The summed E-state index contributed by atoms with van der Waals surface area (Å²) in [5, 5.41) is 25.9. The smallest absolute Gasteiger partial charge is 0.252 e. The molecular weight excluding hydrogens is 490 g/mol. The number of rotatable bonds is 7. The lowest BCUT2D eigenvalue weighted by Gasteiger charge is -2.41. The minimum absolute atomic E-state index is 0.236. The molecule has 5 rings (SSSR count). The molecule has 3 aromatic carbocycles. The lowest BCUT2D eigenvalue weighted by atomic mass is 9.70. The maximum Gasteiger partial charge on any atom is 0.252 e. The Kier molecular flexibility index (Phi) is 6.46. The fourth-order valence-electron chi connectivity index (χ4n) is 6.08. The maximum absolute atomic E-state index is 13.8. The number of hydrogen-bond donors (Lipinski definition) is 2. The molecule has 1 heterocycles. The van der Waals surface area contributed by atoms with E-state index in [1.165, 1.54) is 28.4 Å². The van der Waals surface area contributed by atoms with Gasteiger partial charge in [0.15, 0.2) is 11.2 Å². The molecule has 0 aromatic heterocycles. The number of benzene rings is 3. The number of aliphatic hydroxyl groups excluding tert-OH is 1. The largest absolute Gasteiger partial charge is 0.497 e. The zero-order valence-electron chi connectivity index (χ0n) is 21.9. The van der Waals surface area contributed by atoms with Gasteiger partial charge >= 0.3 is 0 Å². The van der Waals surface area contributed by atoms with Gasteiger partial charge in [-0.2, -0.15) is 0 Å². The van der Waals surface area contributed by atoms with Crippen LogP contribution in [0.4, 0.5) is 0 Å². The van der Waals surface area contributed by atoms with Crippen molar-refractivity contribution in [2.24, 2.45) is 5.92 Å². The molecule has 1 aliphatic carbocycles. The van der Waals surface area contributed by atoms with Gasteiger partial charge in [-0.25, -0.2) is 5.06 Å². The van der Waals surface area contributed by atoms with E-state index in [2.05, 4.69) is 0 Å². The third-order valence-electron chi connectivity index (χ3n) is 7.83. The van der Waals surface area contributed by atoms with Crippen LogP contribution in [0.2, 0.25) is 0 Å². The molecule has 5 unspecified atom stereocenters. The minimum Gasteiger partial charge on any atom is -0.497 e. The molecule has 0 bridgehead atoms. The van der Waals surface area contributed by atoms with E-state index < -0.39 is 35.0 Å². The van der Waals surface area contributed by atoms with Crippen molar-refractivity contribution in [2.45, 2.75) is 23.2 Å². The molecule has 2 aliphatic rings. The van der Waals surface area contributed by atoms with Crippen molar-refractivity contribution >= 4 is 5.91 Å². The first-order valence-electron chi connectivity index (χ1n) is 12.2. The Morgan fingerprint density at radius 1 is 0.921 bits per heavy atom. The van der Waals surface area contributed by atoms with Gasteiger partial charge in [-0.1, -0.05) is 42.5 Å². The van der Waals surface area contributed by atoms with Crippen LogP contribution in [0.3, 0.4) is 0 Å². The second-order valence-electron chi connectivity index (χ2n) is 9.41. The molecule has 1 fully saturated rings. The fraction of sp³-hybridized carbons (Fsp3) is 0.345. The van der Waals surface area contributed by atoms with Gasteiger partial charge in [0.25, 0.3) is 5.91 Å². The average molecular weight is 522 g/mol. The first-order valence-corrected chi connectivity index (χ1v) is 12.2. The standard InChI is InChI=1S/C29H31NO8/c1-30(37-5)27(32)23-24(17-9-7-6-8-10-17)29(18-11-13-19(34-2)14-12-18)28(33,26(23)31)25-21(36-4)15-20(35-3)16-22(25)38-29/h6-16,23-24,26,31,33H,1-5H3. The van der Waals surface area contributed by atoms with Crippen molar-refractivity contribution in [3.63, 3.8) is 0 Å². The third-order valence-corrected chi connectivity index (χ3v) is 7.83. The molecule has 1 amide bonds. The number of carbonyl (C=O) groups excluding carboxylic acids is 1. The van der Waals surface area contributed by atoms with E-state index in [0.29, 0.717) is 22.6 Å². The van der Waals surface area contributed by atoms with Gasteiger partial charge in [0.05, 0.1) is 39.9 Å². The normalized spacial score (nSPS) is 27.2. The first-order chi connectivity index (χ1) is 18.3. The summed E-state index contributed by atoms with van der Waals surface area (Å²) >= 11 is 0. The van der Waals surface area contributed by atoms with Gasteiger partial charge in [-0.3, -0.25) is 9.63 Å². The van der Waals surface area contributed by atoms with Crippen molar-refractivity contribution in [1.29, 1.82) is 0 Å². The third kappa shape index (κ3) is 3.39. The van der Waals surface area contributed by atoms with Gasteiger partial charge in [0, 0.05) is 25.1 Å². The first kappa shape index (κ1) is 25.8. The van der Waals surface area contributed by atoms with Crippen molar-refractivity contribution < 1.29 is 38.8 Å². The van der Waals surface area contributed by atoms with Crippen molar-refractivity contribution in [1.82, 2.24) is 5.06 Å². The van der Waals surface area contributed by atoms with E-state index in [1.54, 1.807) is 43.5 Å². The van der Waals surface area contributed by atoms with E-state index in [0.717, 1.165) is 5.06 Å². The zero-order chi connectivity index (χ0) is 27.2. The van der Waals surface area contributed by atoms with Crippen molar-refractivity contribution in [3.05, 3.63) is 83.4 Å². The number of hydroxylamine groups is 2. The molecule has 1 saturated carbocycles. The molecule has 0 radical (unpaired) electrons. The highest BCUT2D eigenvalue weighted by Gasteiger charge is 2.78. The van der Waals surface area contributed by atoms with Crippen LogP contribution in [0, 0.1) is 5.92 Å². The molecule has 1 aliphatic heterocycles. The number of nitrogens with zero attached hydrogens (tertiary/aromatic N) is 1. The summed E-state index contributed by atoms with van der Waals surface area (Å²) in [6.07, 6.45) is -1.61. The molecule has 0 spiro atoms. The van der Waals surface area contributed by atoms with Crippen molar-refractivity contribution in [2.75, 3.05) is 35.5 Å². The highest BCUT2D eigenvalue weighted by atomic mass is 16.7. The molecule has 2 N–H and O–H groups in total. The molecule has 9 heteroatoms. The number of ether oxygens (including phenoxy) is 4. The average Bonchev–Trinajstić information content (AvgIpc) is 3.34. The number of fused-ring (bicyclic) bond motifs is 3. The molecule has 5 atom stereocenters. The molecule has 38 heavy (non-hydrogen) atoms. The van der Waals surface area contributed by atoms with E-state index in [-0.39, 0.29) is 17.1 Å². The number of amides is 1. The lowest BCUT2D eigenvalue weighted by molar-refractivity contribution is -0.181. The van der Waals surface area contributed by atoms with E-state index in [4.69, 9.17) is 23.8 Å². The van der Waals surface area contributed by atoms with Crippen LogP contribution >= 0.6 is 0 Å². The Hall–Kier alpha value is -3.79. The predicted octanol–water partition coefficient (Wildman–Crippen LogP) is 2.98. The van der Waals surface area contributed by atoms with Gasteiger partial charge in [-0.15, -0.1) is 0 Å². The Morgan fingerprint density at radius 3 is 2.16 bits per heavy atom. The topological polar surface area (TPSA) is 107 Å². The van der Waals surface area contributed by atoms with Crippen LogP contribution < -0.4 is 18.9 Å². The Bertz CT molecular complexity index is 1330. The summed E-state index contributed by atoms with van der Waals surface area (Å²) in [4.78, 5) is 19.0. The zero-order valence-corrected chi connectivity index (χ0v) is 21.9. The molecular formula is C29H31NO8. The summed E-state index contributed by atoms with van der Waals surface area (Å²) in [7, 11) is 7.37.